The molecule has 39 heavy (non-hydrogen) atoms. The lowest BCUT2D eigenvalue weighted by molar-refractivity contribution is 0.195. The first-order valence-corrected chi connectivity index (χ1v) is 16.1. The van der Waals surface area contributed by atoms with Crippen LogP contribution in [0.5, 0.6) is 0 Å². The Balaban J connectivity index is 1.58. The van der Waals surface area contributed by atoms with E-state index < -0.39 is 8.32 Å². The van der Waals surface area contributed by atoms with Gasteiger partial charge in [-0.05, 0) is 52.5 Å². The van der Waals surface area contributed by atoms with Crippen molar-refractivity contribution in [2.45, 2.75) is 64.8 Å². The maximum Gasteiger partial charge on any atom is 0.200 e. The summed E-state index contributed by atoms with van der Waals surface area (Å²) in [4.78, 5) is 13.6. The molecule has 0 radical (unpaired) electrons. The Hall–Kier alpha value is -2.91. The maximum atomic E-state index is 11.5. The third-order valence-corrected chi connectivity index (χ3v) is 14.4. The highest BCUT2D eigenvalue weighted by atomic mass is 35.5. The number of halogens is 2. The predicted octanol–water partition coefficient (Wildman–Crippen LogP) is 8.97. The second-order valence-electron chi connectivity index (χ2n) is 10.9. The van der Waals surface area contributed by atoms with Gasteiger partial charge in [0.2, 0.25) is 8.32 Å². The fourth-order valence-electron chi connectivity index (χ4n) is 6.16. The van der Waals surface area contributed by atoms with Crippen molar-refractivity contribution in [3.63, 3.8) is 0 Å². The molecule has 0 saturated carbocycles. The van der Waals surface area contributed by atoms with Crippen molar-refractivity contribution in [3.05, 3.63) is 64.5 Å². The molecule has 0 atom stereocenters. The molecular formula is C29H33Cl2N5O2Si. The van der Waals surface area contributed by atoms with Crippen molar-refractivity contribution >= 4 is 43.0 Å². The fourth-order valence-corrected chi connectivity index (χ4v) is 12.3. The Bertz CT molecular complexity index is 1490. The van der Waals surface area contributed by atoms with Crippen LogP contribution < -0.4 is 5.32 Å². The minimum absolute atomic E-state index is 0.247. The molecule has 0 bridgehead atoms. The lowest BCUT2D eigenvalue weighted by atomic mass is 10.1. The van der Waals surface area contributed by atoms with E-state index in [1.54, 1.807) is 18.6 Å². The van der Waals surface area contributed by atoms with Gasteiger partial charge in [-0.3, -0.25) is 4.98 Å². The third kappa shape index (κ3) is 4.63. The van der Waals surface area contributed by atoms with Gasteiger partial charge < -0.3 is 15.0 Å². The van der Waals surface area contributed by atoms with Crippen LogP contribution in [0.1, 0.15) is 47.1 Å². The number of nitrogens with one attached hydrogen (secondary N) is 1. The smallest absolute Gasteiger partial charge is 0.200 e. The number of hydrogen-bond acceptors (Lipinski definition) is 6. The van der Waals surface area contributed by atoms with Crippen molar-refractivity contribution in [1.82, 2.24) is 19.7 Å². The quantitative estimate of drug-likeness (QED) is 0.147. The molecule has 1 aliphatic rings. The van der Waals surface area contributed by atoms with Gasteiger partial charge in [-0.25, -0.2) is 9.97 Å². The van der Waals surface area contributed by atoms with E-state index in [-0.39, 0.29) is 5.82 Å². The number of fused-ring (bicyclic) bond motifs is 5. The van der Waals surface area contributed by atoms with Crippen LogP contribution in [0.2, 0.25) is 26.7 Å². The summed E-state index contributed by atoms with van der Waals surface area (Å²) in [6, 6.07) is 9.28. The highest BCUT2D eigenvalue weighted by Crippen LogP contribution is 2.47. The Morgan fingerprint density at radius 1 is 0.974 bits per heavy atom. The number of aromatic nitrogens is 4. The van der Waals surface area contributed by atoms with Gasteiger partial charge in [0.05, 0.1) is 34.1 Å². The van der Waals surface area contributed by atoms with Crippen LogP contribution in [0, 0.1) is 0 Å². The van der Waals surface area contributed by atoms with E-state index in [2.05, 4.69) is 56.8 Å². The normalized spacial score (nSPS) is 12.8. The molecule has 4 heterocycles. The first-order chi connectivity index (χ1) is 18.6. The molecular weight excluding hydrogens is 549 g/mol. The van der Waals surface area contributed by atoms with Crippen LogP contribution >= 0.6 is 23.2 Å². The maximum absolute atomic E-state index is 11.5. The van der Waals surface area contributed by atoms with Gasteiger partial charge in [0.25, 0.3) is 0 Å². The third-order valence-electron chi connectivity index (χ3n) is 7.77. The molecule has 10 heteroatoms. The van der Waals surface area contributed by atoms with E-state index in [9.17, 15) is 5.21 Å². The van der Waals surface area contributed by atoms with Gasteiger partial charge in [0, 0.05) is 23.5 Å². The minimum atomic E-state index is -2.07. The zero-order valence-corrected chi connectivity index (χ0v) is 25.5. The van der Waals surface area contributed by atoms with Crippen LogP contribution in [0.25, 0.3) is 33.9 Å². The summed E-state index contributed by atoms with van der Waals surface area (Å²) in [5.74, 6) is 0.866. The van der Waals surface area contributed by atoms with Crippen LogP contribution in [0.3, 0.4) is 0 Å². The van der Waals surface area contributed by atoms with E-state index >= 15 is 0 Å². The Labute approximate surface area is 240 Å². The Kier molecular flexibility index (Phi) is 7.50. The number of benzene rings is 1. The summed E-state index contributed by atoms with van der Waals surface area (Å²) in [6.45, 7) is 14.0. The van der Waals surface area contributed by atoms with Crippen LogP contribution in [0.4, 0.5) is 11.5 Å². The molecule has 1 aromatic carbocycles. The van der Waals surface area contributed by atoms with Crippen LogP contribution in [-0.2, 0) is 11.0 Å². The van der Waals surface area contributed by atoms with Crippen molar-refractivity contribution in [2.24, 2.45) is 0 Å². The van der Waals surface area contributed by atoms with E-state index in [1.165, 1.54) is 0 Å². The summed E-state index contributed by atoms with van der Waals surface area (Å²) < 4.78 is 7.82. The first-order valence-electron chi connectivity index (χ1n) is 13.2. The second-order valence-corrected chi connectivity index (χ2v) is 17.2. The molecule has 0 saturated heterocycles. The number of hydrogen-bond donors (Lipinski definition) is 2. The number of nitrogens with zero attached hydrogens (tertiary/aromatic N) is 4. The summed E-state index contributed by atoms with van der Waals surface area (Å²) in [5.41, 5.74) is 5.97. The van der Waals surface area contributed by atoms with Gasteiger partial charge >= 0.3 is 0 Å². The first kappa shape index (κ1) is 27.6. The van der Waals surface area contributed by atoms with E-state index in [0.717, 1.165) is 21.4 Å². The minimum Gasteiger partial charge on any atom is -0.426 e. The SMILES string of the molecule is CC(C)[Si](OCc1cc(Cl)c(-c2nc3c(n2O)-c2ccncc2Nc2ncccc2-3)c(Cl)c1)(C(C)C)C(C)C. The highest BCUT2D eigenvalue weighted by Gasteiger charge is 2.45. The van der Waals surface area contributed by atoms with Crippen molar-refractivity contribution in [2.75, 3.05) is 5.32 Å². The van der Waals surface area contributed by atoms with Gasteiger partial charge in [0.1, 0.15) is 17.2 Å². The topological polar surface area (TPSA) is 85.1 Å². The van der Waals surface area contributed by atoms with Crippen molar-refractivity contribution in [1.29, 1.82) is 0 Å². The molecule has 0 amide bonds. The number of imidazole rings is 1. The van der Waals surface area contributed by atoms with Gasteiger partial charge in [-0.2, -0.15) is 4.73 Å². The zero-order chi connectivity index (χ0) is 28.1. The lowest BCUT2D eigenvalue weighted by Gasteiger charge is -2.42. The number of rotatable bonds is 7. The molecule has 0 spiro atoms. The molecule has 0 unspecified atom stereocenters. The predicted molar refractivity (Wildman–Crippen MR) is 160 cm³/mol. The summed E-state index contributed by atoms with van der Waals surface area (Å²) >= 11 is 13.7. The molecule has 1 aliphatic heterocycles. The molecule has 4 aromatic rings. The average Bonchev–Trinajstić information content (AvgIpc) is 3.12. The fraction of sp³-hybridized carbons (Fsp3) is 0.345. The molecule has 5 rings (SSSR count). The van der Waals surface area contributed by atoms with Crippen LogP contribution in [-0.4, -0.2) is 33.2 Å². The lowest BCUT2D eigenvalue weighted by Crippen LogP contribution is -2.47. The van der Waals surface area contributed by atoms with Gasteiger partial charge in [0.15, 0.2) is 5.82 Å². The molecule has 2 N–H and O–H groups in total. The van der Waals surface area contributed by atoms with E-state index in [4.69, 9.17) is 32.6 Å². The summed E-state index contributed by atoms with van der Waals surface area (Å²) in [5, 5.41) is 15.6. The van der Waals surface area contributed by atoms with Gasteiger partial charge in [-0.15, -0.1) is 0 Å². The molecule has 3 aromatic heterocycles. The van der Waals surface area contributed by atoms with E-state index in [0.29, 0.717) is 61.7 Å². The summed E-state index contributed by atoms with van der Waals surface area (Å²) in [7, 11) is -2.07. The van der Waals surface area contributed by atoms with Gasteiger partial charge in [-0.1, -0.05) is 64.7 Å². The average molecular weight is 583 g/mol. The molecule has 204 valence electrons. The number of anilines is 2. The Morgan fingerprint density at radius 3 is 2.28 bits per heavy atom. The standard InChI is InChI=1S/C29H33Cl2N5O2Si/c1-16(2)39(17(3)4,18(5)6)38-15-19-12-22(30)25(23(31)13-19)29-35-26-21-8-7-10-33-28(21)34-24-14-32-11-9-20(24)27(26)36(29)37/h7-14,16-18,37H,15H2,1-6H3,(H,33,34). The van der Waals surface area contributed by atoms with Crippen LogP contribution in [0.15, 0.2) is 48.9 Å². The van der Waals surface area contributed by atoms with E-state index in [1.807, 2.05) is 30.3 Å². The Morgan fingerprint density at radius 2 is 1.64 bits per heavy atom. The molecule has 0 fully saturated rings. The molecule has 0 aliphatic carbocycles. The summed E-state index contributed by atoms with van der Waals surface area (Å²) in [6.07, 6.45) is 5.07. The highest BCUT2D eigenvalue weighted by molar-refractivity contribution is 6.77. The van der Waals surface area contributed by atoms with Crippen molar-refractivity contribution < 1.29 is 9.63 Å². The van der Waals surface area contributed by atoms with Crippen molar-refractivity contribution in [3.8, 4) is 33.9 Å². The molecule has 7 nitrogen and oxygen atoms in total. The second kappa shape index (κ2) is 10.6. The monoisotopic (exact) mass is 581 g/mol. The largest absolute Gasteiger partial charge is 0.426 e. The number of pyridine rings is 2. The zero-order valence-electron chi connectivity index (χ0n) is 23.0.